The molecule has 2 aromatic rings. The maximum absolute atomic E-state index is 12.3. The van der Waals surface area contributed by atoms with Crippen molar-refractivity contribution >= 4 is 29.2 Å². The molecule has 9 nitrogen and oxygen atoms in total. The Morgan fingerprint density at radius 1 is 0.929 bits per heavy atom. The number of ether oxygens (including phenoxy) is 3. The zero-order valence-electron chi connectivity index (χ0n) is 15.9. The molecule has 2 amide bonds. The van der Waals surface area contributed by atoms with Crippen molar-refractivity contribution in [1.29, 1.82) is 0 Å². The molecule has 0 saturated heterocycles. The summed E-state index contributed by atoms with van der Waals surface area (Å²) in [6.07, 6.45) is 1.39. The van der Waals surface area contributed by atoms with Crippen molar-refractivity contribution in [3.63, 3.8) is 0 Å². The highest BCUT2D eigenvalue weighted by molar-refractivity contribution is 6.37. The van der Waals surface area contributed by atoms with E-state index in [2.05, 4.69) is 15.4 Å². The van der Waals surface area contributed by atoms with Gasteiger partial charge in [-0.3, -0.25) is 9.59 Å². The van der Waals surface area contributed by atoms with Gasteiger partial charge in [-0.25, -0.2) is 4.79 Å². The number of nitrogens with one attached hydrogen (secondary N) is 2. The summed E-state index contributed by atoms with van der Waals surface area (Å²) in [4.78, 5) is 35.9. The zero-order chi connectivity index (χ0) is 20.5. The van der Waals surface area contributed by atoms with Crippen LogP contribution < -0.4 is 20.1 Å². The highest BCUT2D eigenvalue weighted by Crippen LogP contribution is 2.37. The van der Waals surface area contributed by atoms with E-state index in [9.17, 15) is 14.4 Å². The Morgan fingerprint density at radius 2 is 1.54 bits per heavy atom. The molecule has 9 heteroatoms. The molecule has 0 spiro atoms. The second-order valence-corrected chi connectivity index (χ2v) is 5.32. The van der Waals surface area contributed by atoms with Crippen molar-refractivity contribution in [2.24, 2.45) is 0 Å². The lowest BCUT2D eigenvalue weighted by Crippen LogP contribution is -2.25. The fourth-order valence-electron chi connectivity index (χ4n) is 2.27. The van der Waals surface area contributed by atoms with E-state index in [0.717, 1.165) is 0 Å². The molecular weight excluding hydrogens is 368 g/mol. The Labute approximate surface area is 161 Å². The number of hydrogen-bond acceptors (Lipinski definition) is 7. The van der Waals surface area contributed by atoms with Gasteiger partial charge in [-0.15, -0.1) is 0 Å². The number of hydrogen-bond donors (Lipinski definition) is 2. The van der Waals surface area contributed by atoms with E-state index in [1.807, 2.05) is 0 Å². The topological polar surface area (TPSA) is 116 Å². The molecule has 0 unspecified atom stereocenters. The first-order valence-corrected chi connectivity index (χ1v) is 8.76. The largest absolute Gasteiger partial charge is 0.492 e. The van der Waals surface area contributed by atoms with Crippen molar-refractivity contribution in [3.8, 4) is 11.5 Å². The van der Waals surface area contributed by atoms with Crippen LogP contribution in [0.4, 0.5) is 11.4 Å². The molecule has 0 aliphatic rings. The summed E-state index contributed by atoms with van der Waals surface area (Å²) in [5.41, 5.74) is 0.528. The quantitative estimate of drug-likeness (QED) is 0.526. The molecule has 1 aromatic heterocycles. The van der Waals surface area contributed by atoms with Crippen LogP contribution in [-0.4, -0.2) is 37.6 Å². The minimum atomic E-state index is -1.02. The molecule has 1 aromatic carbocycles. The van der Waals surface area contributed by atoms with Crippen molar-refractivity contribution in [2.75, 3.05) is 30.5 Å². The normalized spacial score (nSPS) is 10.1. The van der Waals surface area contributed by atoms with Gasteiger partial charge in [0.25, 0.3) is 5.91 Å². The SMILES string of the molecule is CCOC(=O)C(=O)Nc1cc(OCC)c(NC(=O)c2ccco2)cc1OCC. The molecule has 150 valence electrons. The Morgan fingerprint density at radius 3 is 2.04 bits per heavy atom. The number of amides is 2. The maximum Gasteiger partial charge on any atom is 0.397 e. The summed E-state index contributed by atoms with van der Waals surface area (Å²) >= 11 is 0. The fraction of sp³-hybridized carbons (Fsp3) is 0.316. The van der Waals surface area contributed by atoms with Gasteiger partial charge in [-0.2, -0.15) is 0 Å². The number of carbonyl (C=O) groups excluding carboxylic acids is 3. The molecule has 0 aliphatic carbocycles. The average Bonchev–Trinajstić information content (AvgIpc) is 3.20. The van der Waals surface area contributed by atoms with Crippen LogP contribution in [0.25, 0.3) is 0 Å². The van der Waals surface area contributed by atoms with Gasteiger partial charge >= 0.3 is 11.9 Å². The average molecular weight is 390 g/mol. The van der Waals surface area contributed by atoms with E-state index in [-0.39, 0.29) is 29.6 Å². The number of rotatable bonds is 8. The van der Waals surface area contributed by atoms with E-state index in [1.54, 1.807) is 26.8 Å². The fourth-order valence-corrected chi connectivity index (χ4v) is 2.27. The molecule has 0 fully saturated rings. The van der Waals surface area contributed by atoms with E-state index in [4.69, 9.17) is 13.9 Å². The molecule has 0 aliphatic heterocycles. The number of carbonyl (C=O) groups is 3. The predicted octanol–water partition coefficient (Wildman–Crippen LogP) is 2.83. The highest BCUT2D eigenvalue weighted by atomic mass is 16.5. The maximum atomic E-state index is 12.3. The van der Waals surface area contributed by atoms with Crippen molar-refractivity contribution in [2.45, 2.75) is 20.8 Å². The minimum absolute atomic E-state index is 0.0759. The number of esters is 1. The zero-order valence-corrected chi connectivity index (χ0v) is 15.9. The molecule has 0 saturated carbocycles. The third-order valence-electron chi connectivity index (χ3n) is 3.38. The van der Waals surface area contributed by atoms with Gasteiger partial charge < -0.3 is 29.3 Å². The second kappa shape index (κ2) is 10.0. The van der Waals surface area contributed by atoms with Crippen LogP contribution >= 0.6 is 0 Å². The second-order valence-electron chi connectivity index (χ2n) is 5.32. The number of benzene rings is 1. The summed E-state index contributed by atoms with van der Waals surface area (Å²) in [6.45, 7) is 5.80. The van der Waals surface area contributed by atoms with Crippen LogP contribution in [0.2, 0.25) is 0 Å². The van der Waals surface area contributed by atoms with Gasteiger partial charge in [0.15, 0.2) is 5.76 Å². The van der Waals surface area contributed by atoms with Crippen molar-refractivity contribution < 1.29 is 33.0 Å². The summed E-state index contributed by atoms with van der Waals surface area (Å²) in [5, 5.41) is 5.12. The Hall–Kier alpha value is -3.49. The first-order chi connectivity index (χ1) is 13.5. The lowest BCUT2D eigenvalue weighted by atomic mass is 10.2. The molecule has 2 N–H and O–H groups in total. The Bertz CT molecular complexity index is 831. The van der Waals surface area contributed by atoms with E-state index in [0.29, 0.717) is 18.9 Å². The van der Waals surface area contributed by atoms with Crippen LogP contribution in [0.1, 0.15) is 31.3 Å². The third-order valence-corrected chi connectivity index (χ3v) is 3.38. The molecule has 0 atom stereocenters. The van der Waals surface area contributed by atoms with Crippen LogP contribution in [0.15, 0.2) is 34.9 Å². The van der Waals surface area contributed by atoms with Crippen molar-refractivity contribution in [1.82, 2.24) is 0 Å². The van der Waals surface area contributed by atoms with Gasteiger partial charge in [-0.1, -0.05) is 0 Å². The first kappa shape index (κ1) is 20.8. The van der Waals surface area contributed by atoms with Crippen LogP contribution in [0.5, 0.6) is 11.5 Å². The minimum Gasteiger partial charge on any atom is -0.492 e. The molecule has 0 bridgehead atoms. The molecule has 0 radical (unpaired) electrons. The van der Waals surface area contributed by atoms with Gasteiger partial charge in [0.1, 0.15) is 11.5 Å². The van der Waals surface area contributed by atoms with Crippen LogP contribution in [0.3, 0.4) is 0 Å². The highest BCUT2D eigenvalue weighted by Gasteiger charge is 2.21. The van der Waals surface area contributed by atoms with E-state index >= 15 is 0 Å². The lowest BCUT2D eigenvalue weighted by Gasteiger charge is -2.17. The summed E-state index contributed by atoms with van der Waals surface area (Å²) < 4.78 is 20.8. The van der Waals surface area contributed by atoms with Gasteiger partial charge in [0, 0.05) is 12.1 Å². The lowest BCUT2D eigenvalue weighted by molar-refractivity contribution is -0.152. The molecule has 1 heterocycles. The van der Waals surface area contributed by atoms with E-state index < -0.39 is 17.8 Å². The standard InChI is InChI=1S/C19H22N2O7/c1-4-25-15-11-13(21-18(23)19(24)27-6-3)16(26-5-2)10-12(15)20-17(22)14-8-7-9-28-14/h7-11H,4-6H2,1-3H3,(H,20,22)(H,21,23). The molecular formula is C19H22N2O7. The smallest absolute Gasteiger partial charge is 0.397 e. The van der Waals surface area contributed by atoms with Crippen molar-refractivity contribution in [3.05, 3.63) is 36.3 Å². The van der Waals surface area contributed by atoms with Gasteiger partial charge in [-0.05, 0) is 32.9 Å². The van der Waals surface area contributed by atoms with Crippen LogP contribution in [0, 0.1) is 0 Å². The summed E-state index contributed by atoms with van der Waals surface area (Å²) in [7, 11) is 0. The van der Waals surface area contributed by atoms with E-state index in [1.165, 1.54) is 24.5 Å². The predicted molar refractivity (Wildman–Crippen MR) is 101 cm³/mol. The monoisotopic (exact) mass is 390 g/mol. The Kier molecular flexibility index (Phi) is 7.44. The first-order valence-electron chi connectivity index (χ1n) is 8.76. The Balaban J connectivity index is 2.35. The number of furan rings is 1. The third kappa shape index (κ3) is 5.26. The molecule has 28 heavy (non-hydrogen) atoms. The summed E-state index contributed by atoms with van der Waals surface area (Å²) in [6, 6.07) is 6.07. The van der Waals surface area contributed by atoms with Crippen LogP contribution in [-0.2, 0) is 14.3 Å². The number of anilines is 2. The van der Waals surface area contributed by atoms with Gasteiger partial charge in [0.2, 0.25) is 0 Å². The van der Waals surface area contributed by atoms with Gasteiger partial charge in [0.05, 0.1) is 37.5 Å². The molecule has 2 rings (SSSR count). The summed E-state index contributed by atoms with van der Waals surface area (Å²) in [5.74, 6) is -1.78.